The molecule has 0 saturated carbocycles. The van der Waals surface area contributed by atoms with Gasteiger partial charge in [0.1, 0.15) is 11.9 Å². The van der Waals surface area contributed by atoms with Crippen molar-refractivity contribution in [3.8, 4) is 0 Å². The number of aryl methyl sites for hydroxylation is 2. The summed E-state index contributed by atoms with van der Waals surface area (Å²) in [7, 11) is -4.01. The Morgan fingerprint density at radius 1 is 1.10 bits per heavy atom. The Morgan fingerprint density at radius 2 is 1.76 bits per heavy atom. The molecule has 2 amide bonds. The fourth-order valence-corrected chi connectivity index (χ4v) is 4.25. The van der Waals surface area contributed by atoms with E-state index in [-0.39, 0.29) is 24.3 Å². The standard InChI is InChI=1S/C20H24FN3O4S/c1-13-3-4-14(2)18(11-13)29(27,28)24-17(9-10-19(22)25)20(26)23-12-15-5-7-16(21)8-6-15/h3-8,11,17,24H,9-10,12H2,1-2H3,(H2,22,25)(H,23,26)/t17-/m0/s1. The van der Waals surface area contributed by atoms with E-state index in [1.807, 2.05) is 0 Å². The van der Waals surface area contributed by atoms with Gasteiger partial charge < -0.3 is 11.1 Å². The lowest BCUT2D eigenvalue weighted by Gasteiger charge is -2.19. The van der Waals surface area contributed by atoms with Crippen LogP contribution in [0.5, 0.6) is 0 Å². The minimum Gasteiger partial charge on any atom is -0.370 e. The van der Waals surface area contributed by atoms with Gasteiger partial charge in [0.15, 0.2) is 0 Å². The average Bonchev–Trinajstić information content (AvgIpc) is 2.66. The molecule has 7 nitrogen and oxygen atoms in total. The number of nitrogens with one attached hydrogen (secondary N) is 2. The van der Waals surface area contributed by atoms with Crippen LogP contribution in [0.2, 0.25) is 0 Å². The zero-order valence-corrected chi connectivity index (χ0v) is 17.1. The lowest BCUT2D eigenvalue weighted by Crippen LogP contribution is -2.47. The number of sulfonamides is 1. The molecule has 1 atom stereocenters. The molecule has 2 aromatic rings. The van der Waals surface area contributed by atoms with Gasteiger partial charge in [-0.2, -0.15) is 4.72 Å². The smallest absolute Gasteiger partial charge is 0.241 e. The van der Waals surface area contributed by atoms with Crippen LogP contribution in [0, 0.1) is 19.7 Å². The molecule has 29 heavy (non-hydrogen) atoms. The van der Waals surface area contributed by atoms with E-state index in [0.29, 0.717) is 11.1 Å². The summed E-state index contributed by atoms with van der Waals surface area (Å²) in [5.74, 6) is -1.66. The van der Waals surface area contributed by atoms with Gasteiger partial charge in [-0.3, -0.25) is 9.59 Å². The van der Waals surface area contributed by atoms with Crippen molar-refractivity contribution in [2.75, 3.05) is 0 Å². The summed E-state index contributed by atoms with van der Waals surface area (Å²) in [6.45, 7) is 3.50. The first-order valence-electron chi connectivity index (χ1n) is 8.98. The highest BCUT2D eigenvalue weighted by Crippen LogP contribution is 2.17. The molecule has 0 unspecified atom stereocenters. The molecule has 0 spiro atoms. The third-order valence-electron chi connectivity index (χ3n) is 4.31. The molecular formula is C20H24FN3O4S. The van der Waals surface area contributed by atoms with Gasteiger partial charge in [0.25, 0.3) is 0 Å². The normalized spacial score (nSPS) is 12.4. The number of nitrogens with two attached hydrogens (primary N) is 1. The van der Waals surface area contributed by atoms with E-state index in [2.05, 4.69) is 10.0 Å². The first-order valence-corrected chi connectivity index (χ1v) is 10.5. The number of amides is 2. The van der Waals surface area contributed by atoms with E-state index in [1.54, 1.807) is 26.0 Å². The molecule has 2 rings (SSSR count). The molecule has 4 N–H and O–H groups in total. The molecule has 9 heteroatoms. The van der Waals surface area contributed by atoms with E-state index < -0.39 is 33.7 Å². The van der Waals surface area contributed by atoms with E-state index in [9.17, 15) is 22.4 Å². The van der Waals surface area contributed by atoms with E-state index >= 15 is 0 Å². The summed E-state index contributed by atoms with van der Waals surface area (Å²) in [6.07, 6.45) is -0.251. The quantitative estimate of drug-likeness (QED) is 0.571. The summed E-state index contributed by atoms with van der Waals surface area (Å²) in [6, 6.07) is 9.32. The fourth-order valence-electron chi connectivity index (χ4n) is 2.69. The molecule has 0 aliphatic carbocycles. The summed E-state index contributed by atoms with van der Waals surface area (Å²) in [5.41, 5.74) is 7.09. The fraction of sp³-hybridized carbons (Fsp3) is 0.300. The summed E-state index contributed by atoms with van der Waals surface area (Å²) in [5, 5.41) is 2.60. The van der Waals surface area contributed by atoms with Crippen LogP contribution in [0.15, 0.2) is 47.4 Å². The Balaban J connectivity index is 2.17. The molecule has 0 heterocycles. The van der Waals surface area contributed by atoms with Crippen LogP contribution < -0.4 is 15.8 Å². The molecule has 0 radical (unpaired) electrons. The molecule has 0 aliphatic heterocycles. The average molecular weight is 421 g/mol. The molecular weight excluding hydrogens is 397 g/mol. The van der Waals surface area contributed by atoms with Gasteiger partial charge in [-0.15, -0.1) is 0 Å². The van der Waals surface area contributed by atoms with Crippen molar-refractivity contribution in [2.24, 2.45) is 5.73 Å². The van der Waals surface area contributed by atoms with E-state index in [1.165, 1.54) is 30.3 Å². The highest BCUT2D eigenvalue weighted by atomic mass is 32.2. The molecule has 0 bridgehead atoms. The highest BCUT2D eigenvalue weighted by molar-refractivity contribution is 7.89. The predicted octanol–water partition coefficient (Wildman–Crippen LogP) is 1.67. The first kappa shape index (κ1) is 22.5. The van der Waals surface area contributed by atoms with Crippen molar-refractivity contribution in [1.82, 2.24) is 10.0 Å². The maximum absolute atomic E-state index is 13.0. The first-order chi connectivity index (χ1) is 13.6. The van der Waals surface area contributed by atoms with Gasteiger partial charge in [0.2, 0.25) is 21.8 Å². The van der Waals surface area contributed by atoms with Crippen molar-refractivity contribution in [1.29, 1.82) is 0 Å². The number of primary amides is 1. The van der Waals surface area contributed by atoms with Gasteiger partial charge in [0, 0.05) is 13.0 Å². The van der Waals surface area contributed by atoms with Gasteiger partial charge in [-0.25, -0.2) is 12.8 Å². The molecule has 0 saturated heterocycles. The summed E-state index contributed by atoms with van der Waals surface area (Å²) >= 11 is 0. The third-order valence-corrected chi connectivity index (χ3v) is 5.92. The Hall–Kier alpha value is -2.78. The van der Waals surface area contributed by atoms with Crippen LogP contribution in [0.3, 0.4) is 0 Å². The van der Waals surface area contributed by atoms with Gasteiger partial charge >= 0.3 is 0 Å². The summed E-state index contributed by atoms with van der Waals surface area (Å²) < 4.78 is 41.0. The highest BCUT2D eigenvalue weighted by Gasteiger charge is 2.27. The number of halogens is 1. The van der Waals surface area contributed by atoms with Crippen LogP contribution in [-0.4, -0.2) is 26.3 Å². The number of benzene rings is 2. The Labute approximate surface area is 169 Å². The minimum atomic E-state index is -4.01. The maximum atomic E-state index is 13.0. The third kappa shape index (κ3) is 6.65. The zero-order chi connectivity index (χ0) is 21.6. The number of hydrogen-bond donors (Lipinski definition) is 3. The summed E-state index contributed by atoms with van der Waals surface area (Å²) in [4.78, 5) is 23.8. The van der Waals surface area contributed by atoms with Crippen LogP contribution in [0.25, 0.3) is 0 Å². The van der Waals surface area contributed by atoms with Crippen LogP contribution in [0.1, 0.15) is 29.5 Å². The van der Waals surface area contributed by atoms with Gasteiger partial charge in [0.05, 0.1) is 4.90 Å². The minimum absolute atomic E-state index is 0.0629. The van der Waals surface area contributed by atoms with Gasteiger partial charge in [-0.1, -0.05) is 24.3 Å². The monoisotopic (exact) mass is 421 g/mol. The topological polar surface area (TPSA) is 118 Å². The Bertz CT molecular complexity index is 991. The second-order valence-corrected chi connectivity index (χ2v) is 8.47. The number of carbonyl (C=O) groups excluding carboxylic acids is 2. The molecule has 0 aromatic heterocycles. The predicted molar refractivity (Wildman–Crippen MR) is 107 cm³/mol. The second kappa shape index (κ2) is 9.62. The SMILES string of the molecule is Cc1ccc(C)c(S(=O)(=O)N[C@@H](CCC(N)=O)C(=O)NCc2ccc(F)cc2)c1. The van der Waals surface area contributed by atoms with Crippen molar-refractivity contribution >= 4 is 21.8 Å². The second-order valence-electron chi connectivity index (χ2n) is 6.79. The number of hydrogen-bond acceptors (Lipinski definition) is 4. The Kier molecular flexibility index (Phi) is 7.46. The number of rotatable bonds is 9. The largest absolute Gasteiger partial charge is 0.370 e. The molecule has 0 fully saturated rings. The Morgan fingerprint density at radius 3 is 2.38 bits per heavy atom. The van der Waals surface area contributed by atoms with Crippen molar-refractivity contribution < 1.29 is 22.4 Å². The number of carbonyl (C=O) groups is 2. The molecule has 2 aromatic carbocycles. The lowest BCUT2D eigenvalue weighted by molar-refractivity contribution is -0.123. The lowest BCUT2D eigenvalue weighted by atomic mass is 10.1. The van der Waals surface area contributed by atoms with Crippen LogP contribution in [0.4, 0.5) is 4.39 Å². The zero-order valence-electron chi connectivity index (χ0n) is 16.2. The van der Waals surface area contributed by atoms with Gasteiger partial charge in [-0.05, 0) is 55.2 Å². The van der Waals surface area contributed by atoms with Crippen LogP contribution >= 0.6 is 0 Å². The molecule has 0 aliphatic rings. The molecule has 156 valence electrons. The van der Waals surface area contributed by atoms with Crippen molar-refractivity contribution in [3.63, 3.8) is 0 Å². The van der Waals surface area contributed by atoms with E-state index in [4.69, 9.17) is 5.73 Å². The van der Waals surface area contributed by atoms with E-state index in [0.717, 1.165) is 5.56 Å². The van der Waals surface area contributed by atoms with Crippen molar-refractivity contribution in [3.05, 3.63) is 65.0 Å². The van der Waals surface area contributed by atoms with Crippen molar-refractivity contribution in [2.45, 2.75) is 44.2 Å². The van der Waals surface area contributed by atoms with Crippen LogP contribution in [-0.2, 0) is 26.2 Å². The maximum Gasteiger partial charge on any atom is 0.241 e.